The lowest BCUT2D eigenvalue weighted by Gasteiger charge is -2.34. The first-order valence-corrected chi connectivity index (χ1v) is 10.4. The number of hydrogen-bond donors (Lipinski definition) is 1. The average molecular weight is 506 g/mol. The van der Waals surface area contributed by atoms with Crippen molar-refractivity contribution in [3.8, 4) is 0 Å². The van der Waals surface area contributed by atoms with Crippen LogP contribution in [0.1, 0.15) is 50.7 Å². The van der Waals surface area contributed by atoms with Crippen LogP contribution in [0.2, 0.25) is 0 Å². The standard InChI is InChI=1S/C19H34N6O2.HI/c1-3-20-19(21-15-18-23-22-17-7-4-5-10-25(17)18)24-11-8-16(9-12-24)27-14-6-13-26-2;/h16H,3-15H2,1-2H3,(H,20,21);1H. The van der Waals surface area contributed by atoms with Crippen LogP contribution in [0, 0.1) is 0 Å². The fraction of sp³-hybridized carbons (Fsp3) is 0.842. The fourth-order valence-corrected chi connectivity index (χ4v) is 3.74. The molecular formula is C19H35IN6O2. The highest BCUT2D eigenvalue weighted by Crippen LogP contribution is 2.16. The van der Waals surface area contributed by atoms with E-state index < -0.39 is 0 Å². The lowest BCUT2D eigenvalue weighted by molar-refractivity contribution is 0.00990. The van der Waals surface area contributed by atoms with Gasteiger partial charge in [0, 0.05) is 52.9 Å². The molecule has 1 aromatic heterocycles. The van der Waals surface area contributed by atoms with Crippen LogP contribution in [0.5, 0.6) is 0 Å². The summed E-state index contributed by atoms with van der Waals surface area (Å²) in [4.78, 5) is 7.19. The van der Waals surface area contributed by atoms with E-state index in [-0.39, 0.29) is 24.0 Å². The van der Waals surface area contributed by atoms with Crippen LogP contribution in [-0.4, -0.2) is 71.7 Å². The third-order valence-corrected chi connectivity index (χ3v) is 5.23. The van der Waals surface area contributed by atoms with Gasteiger partial charge in [-0.05, 0) is 39.0 Å². The molecule has 3 heterocycles. The predicted molar refractivity (Wildman–Crippen MR) is 120 cm³/mol. The van der Waals surface area contributed by atoms with E-state index in [1.165, 1.54) is 12.8 Å². The van der Waals surface area contributed by atoms with Gasteiger partial charge < -0.3 is 24.3 Å². The highest BCUT2D eigenvalue weighted by molar-refractivity contribution is 14.0. The normalized spacial score (nSPS) is 17.9. The smallest absolute Gasteiger partial charge is 0.194 e. The van der Waals surface area contributed by atoms with Gasteiger partial charge in [0.15, 0.2) is 11.8 Å². The van der Waals surface area contributed by atoms with Crippen molar-refractivity contribution >= 4 is 29.9 Å². The lowest BCUT2D eigenvalue weighted by Crippen LogP contribution is -2.47. The zero-order valence-electron chi connectivity index (χ0n) is 17.2. The van der Waals surface area contributed by atoms with Gasteiger partial charge >= 0.3 is 0 Å². The van der Waals surface area contributed by atoms with Gasteiger partial charge in [0.25, 0.3) is 0 Å². The number of aliphatic imine (C=N–C) groups is 1. The molecule has 1 fully saturated rings. The third kappa shape index (κ3) is 6.55. The molecule has 0 amide bonds. The second-order valence-electron chi connectivity index (χ2n) is 7.21. The molecule has 1 saturated heterocycles. The molecule has 0 bridgehead atoms. The van der Waals surface area contributed by atoms with E-state index in [1.54, 1.807) is 7.11 Å². The summed E-state index contributed by atoms with van der Waals surface area (Å²) in [6.07, 6.45) is 6.85. The zero-order valence-corrected chi connectivity index (χ0v) is 19.6. The van der Waals surface area contributed by atoms with Crippen molar-refractivity contribution < 1.29 is 9.47 Å². The van der Waals surface area contributed by atoms with E-state index in [0.29, 0.717) is 12.6 Å². The Morgan fingerprint density at radius 2 is 2.00 bits per heavy atom. The SMILES string of the molecule is CCNC(=NCc1nnc2n1CCCC2)N1CCC(OCCCOC)CC1.I. The number of methoxy groups -OCH3 is 1. The van der Waals surface area contributed by atoms with E-state index in [0.717, 1.165) is 82.7 Å². The summed E-state index contributed by atoms with van der Waals surface area (Å²) >= 11 is 0. The maximum Gasteiger partial charge on any atom is 0.194 e. The number of guanidine groups is 1. The summed E-state index contributed by atoms with van der Waals surface area (Å²) in [5, 5.41) is 12.1. The van der Waals surface area contributed by atoms with Crippen LogP contribution < -0.4 is 5.32 Å². The minimum Gasteiger partial charge on any atom is -0.385 e. The number of rotatable bonds is 8. The molecule has 28 heavy (non-hydrogen) atoms. The van der Waals surface area contributed by atoms with Gasteiger partial charge in [-0.1, -0.05) is 0 Å². The first-order chi connectivity index (χ1) is 13.3. The number of nitrogens with zero attached hydrogens (tertiary/aromatic N) is 5. The minimum atomic E-state index is 0. The van der Waals surface area contributed by atoms with Gasteiger partial charge in [-0.25, -0.2) is 4.99 Å². The molecule has 3 rings (SSSR count). The van der Waals surface area contributed by atoms with Crippen molar-refractivity contribution in [2.75, 3.05) is 40.0 Å². The molecule has 0 atom stereocenters. The molecule has 0 radical (unpaired) electrons. The van der Waals surface area contributed by atoms with E-state index in [9.17, 15) is 0 Å². The Kier molecular flexibility index (Phi) is 10.5. The minimum absolute atomic E-state index is 0. The van der Waals surface area contributed by atoms with Gasteiger partial charge in [-0.2, -0.15) is 0 Å². The molecule has 0 aromatic carbocycles. The van der Waals surface area contributed by atoms with E-state index in [4.69, 9.17) is 14.5 Å². The highest BCUT2D eigenvalue weighted by atomic mass is 127. The number of halogens is 1. The second-order valence-corrected chi connectivity index (χ2v) is 7.21. The molecule has 160 valence electrons. The Bertz CT molecular complexity index is 601. The molecule has 1 aromatic rings. The van der Waals surface area contributed by atoms with Gasteiger partial charge in [-0.3, -0.25) is 0 Å². The quantitative estimate of drug-likeness (QED) is 0.252. The maximum atomic E-state index is 5.97. The van der Waals surface area contributed by atoms with E-state index in [2.05, 4.69) is 31.9 Å². The molecule has 0 aliphatic carbocycles. The lowest BCUT2D eigenvalue weighted by atomic mass is 10.1. The van der Waals surface area contributed by atoms with Crippen molar-refractivity contribution in [1.29, 1.82) is 0 Å². The topological polar surface area (TPSA) is 76.8 Å². The summed E-state index contributed by atoms with van der Waals surface area (Å²) in [6, 6.07) is 0. The molecular weight excluding hydrogens is 471 g/mol. The second kappa shape index (κ2) is 12.6. The first-order valence-electron chi connectivity index (χ1n) is 10.4. The van der Waals surface area contributed by atoms with Crippen LogP contribution in [-0.2, 0) is 29.0 Å². The highest BCUT2D eigenvalue weighted by Gasteiger charge is 2.22. The number of ether oxygens (including phenoxy) is 2. The number of likely N-dealkylation sites (tertiary alicyclic amines) is 1. The predicted octanol–water partition coefficient (Wildman–Crippen LogP) is 2.22. The van der Waals surface area contributed by atoms with Gasteiger partial charge in [0.2, 0.25) is 0 Å². The van der Waals surface area contributed by atoms with Gasteiger partial charge in [0.05, 0.1) is 6.10 Å². The first kappa shape index (κ1) is 23.3. The fourth-order valence-electron chi connectivity index (χ4n) is 3.74. The zero-order chi connectivity index (χ0) is 18.9. The molecule has 2 aliphatic rings. The molecule has 9 heteroatoms. The summed E-state index contributed by atoms with van der Waals surface area (Å²) in [6.45, 7) is 8.08. The number of piperidine rings is 1. The van der Waals surface area contributed by atoms with E-state index in [1.807, 2.05) is 0 Å². The molecule has 0 unspecified atom stereocenters. The maximum absolute atomic E-state index is 5.97. The summed E-state index contributed by atoms with van der Waals surface area (Å²) in [5.74, 6) is 3.07. The van der Waals surface area contributed by atoms with Gasteiger partial charge in [-0.15, -0.1) is 34.2 Å². The Balaban J connectivity index is 0.00000280. The summed E-state index contributed by atoms with van der Waals surface area (Å²) in [5.41, 5.74) is 0. The van der Waals surface area contributed by atoms with Crippen LogP contribution >= 0.6 is 24.0 Å². The molecule has 0 spiro atoms. The van der Waals surface area contributed by atoms with Crippen molar-refractivity contribution in [2.24, 2.45) is 4.99 Å². The van der Waals surface area contributed by atoms with Gasteiger partial charge in [0.1, 0.15) is 12.4 Å². The van der Waals surface area contributed by atoms with E-state index >= 15 is 0 Å². The number of hydrogen-bond acceptors (Lipinski definition) is 5. The van der Waals surface area contributed by atoms with Crippen LogP contribution in [0.3, 0.4) is 0 Å². The summed E-state index contributed by atoms with van der Waals surface area (Å²) < 4.78 is 13.3. The Morgan fingerprint density at radius 3 is 2.75 bits per heavy atom. The Morgan fingerprint density at radius 1 is 1.18 bits per heavy atom. The van der Waals surface area contributed by atoms with Crippen molar-refractivity contribution in [2.45, 2.75) is 64.6 Å². The van der Waals surface area contributed by atoms with Crippen LogP contribution in [0.4, 0.5) is 0 Å². The van der Waals surface area contributed by atoms with Crippen molar-refractivity contribution in [3.63, 3.8) is 0 Å². The van der Waals surface area contributed by atoms with Crippen LogP contribution in [0.25, 0.3) is 0 Å². The number of aryl methyl sites for hydroxylation is 1. The number of aromatic nitrogens is 3. The summed E-state index contributed by atoms with van der Waals surface area (Å²) in [7, 11) is 1.73. The third-order valence-electron chi connectivity index (χ3n) is 5.23. The van der Waals surface area contributed by atoms with Crippen LogP contribution in [0.15, 0.2) is 4.99 Å². The average Bonchev–Trinajstić information content (AvgIpc) is 3.12. The molecule has 8 nitrogen and oxygen atoms in total. The number of nitrogens with one attached hydrogen (secondary N) is 1. The number of fused-ring (bicyclic) bond motifs is 1. The van der Waals surface area contributed by atoms with Crippen molar-refractivity contribution in [3.05, 3.63) is 11.6 Å². The molecule has 0 saturated carbocycles. The largest absolute Gasteiger partial charge is 0.385 e. The molecule has 1 N–H and O–H groups in total. The van der Waals surface area contributed by atoms with Crippen molar-refractivity contribution in [1.82, 2.24) is 25.0 Å². The molecule has 2 aliphatic heterocycles. The Hall–Kier alpha value is -0.940. The monoisotopic (exact) mass is 506 g/mol. The Labute approximate surface area is 185 Å².